The summed E-state index contributed by atoms with van der Waals surface area (Å²) in [6.45, 7) is 2.21. The van der Waals surface area contributed by atoms with Crippen LogP contribution in [0.1, 0.15) is 80.9 Å². The maximum atomic E-state index is 12.1. The van der Waals surface area contributed by atoms with E-state index in [9.17, 15) is 25.2 Å². The minimum absolute atomic E-state index is 0.167. The summed E-state index contributed by atoms with van der Waals surface area (Å²) in [7, 11) is 0. The molecular weight excluding hydrogens is 660 g/mol. The lowest BCUT2D eigenvalue weighted by molar-refractivity contribution is -0.113. The van der Waals surface area contributed by atoms with E-state index in [1.165, 1.54) is 11.1 Å². The monoisotopic (exact) mass is 710 g/mol. The molecule has 2 aromatic carbocycles. The molecule has 8 N–H and O–H groups in total. The van der Waals surface area contributed by atoms with Gasteiger partial charge in [-0.05, 0) is 84.9 Å². The van der Waals surface area contributed by atoms with Crippen molar-refractivity contribution in [3.63, 3.8) is 0 Å². The lowest BCUT2D eigenvalue weighted by Gasteiger charge is -2.25. The molecule has 0 radical (unpaired) electrons. The van der Waals surface area contributed by atoms with E-state index in [4.69, 9.17) is 21.4 Å². The Morgan fingerprint density at radius 2 is 1.74 bits per heavy atom. The lowest BCUT2D eigenvalue weighted by atomic mass is 9.93. The van der Waals surface area contributed by atoms with Gasteiger partial charge in [0.25, 0.3) is 0 Å². The molecule has 5 atom stereocenters. The Morgan fingerprint density at radius 3 is 2.48 bits per heavy atom. The molecule has 11 nitrogen and oxygen atoms in total. The second-order valence-corrected chi connectivity index (χ2v) is 14.1. The molecule has 50 heavy (non-hydrogen) atoms. The second kappa shape index (κ2) is 17.8. The molecule has 3 aromatic rings. The molecule has 0 saturated heterocycles. The summed E-state index contributed by atoms with van der Waals surface area (Å²) in [5, 5.41) is 57.5. The number of urea groups is 1. The van der Waals surface area contributed by atoms with Gasteiger partial charge in [0, 0.05) is 48.2 Å². The number of nitrogens with zero attached hydrogens (tertiary/aromatic N) is 1. The molecule has 2 fully saturated rings. The molecule has 1 heterocycles. The number of halogens is 1. The minimum atomic E-state index is -1.74. The third-order valence-electron chi connectivity index (χ3n) is 9.73. The molecule has 0 bridgehead atoms. The number of carbonyl (C=O) groups is 1. The topological polar surface area (TPSA) is 176 Å². The average molecular weight is 711 g/mol. The first kappa shape index (κ1) is 38.0. The highest BCUT2D eigenvalue weighted by atomic mass is 35.5. The van der Waals surface area contributed by atoms with Crippen molar-refractivity contribution in [2.75, 3.05) is 19.7 Å². The number of pyridine rings is 1. The summed E-state index contributed by atoms with van der Waals surface area (Å²) in [6, 6.07) is 16.1. The Hall–Kier alpha value is -3.29. The number of rotatable bonds is 20. The predicted octanol–water partition coefficient (Wildman–Crippen LogP) is 4.12. The predicted molar refractivity (Wildman–Crippen MR) is 192 cm³/mol. The van der Waals surface area contributed by atoms with E-state index < -0.39 is 37.1 Å². The van der Waals surface area contributed by atoms with Crippen molar-refractivity contribution in [1.29, 1.82) is 0 Å². The zero-order valence-corrected chi connectivity index (χ0v) is 29.4. The molecule has 2 saturated carbocycles. The number of aliphatic hydroxyl groups excluding tert-OH is 5. The standard InChI is InChI=1S/C38H51ClN4O7/c1-24(7-3-2-6-17-41-37(49)42-22-32(45)35(47)36(48)33(46)23-44)25-10-13-31(39)26(19-25)20-43-38(15-16-38)30-21-40-18-14-28(30)29-8-4-5-9-34(29)50-27-11-12-27/h4-5,8-10,13-14,18-19,21,24,27,32-33,35-36,43-48H,2-3,6-7,11-12,15-17,20,22-23H2,1H3,(H2,41,42,49). The summed E-state index contributed by atoms with van der Waals surface area (Å²) < 4.78 is 6.26. The van der Waals surface area contributed by atoms with Crippen LogP contribution in [0, 0.1) is 0 Å². The quantitative estimate of drug-likeness (QED) is 0.0802. The van der Waals surface area contributed by atoms with E-state index in [0.29, 0.717) is 25.1 Å². The first-order valence-corrected chi connectivity index (χ1v) is 18.1. The first-order chi connectivity index (χ1) is 24.1. The minimum Gasteiger partial charge on any atom is -0.490 e. The number of ether oxygens (including phenoxy) is 1. The van der Waals surface area contributed by atoms with Gasteiger partial charge in [0.2, 0.25) is 0 Å². The molecule has 2 amide bonds. The van der Waals surface area contributed by atoms with Crippen molar-refractivity contribution in [1.82, 2.24) is 20.9 Å². The number of amides is 2. The highest BCUT2D eigenvalue weighted by Gasteiger charge is 2.46. The van der Waals surface area contributed by atoms with E-state index in [0.717, 1.165) is 78.8 Å². The van der Waals surface area contributed by atoms with E-state index >= 15 is 0 Å². The fourth-order valence-electron chi connectivity index (χ4n) is 6.20. The van der Waals surface area contributed by atoms with Gasteiger partial charge in [-0.25, -0.2) is 4.79 Å². The van der Waals surface area contributed by atoms with Crippen LogP contribution in [-0.4, -0.2) is 86.8 Å². The number of aromatic nitrogens is 1. The SMILES string of the molecule is CC(CCCCCNC(=O)NCC(O)C(O)C(O)C(O)CO)c1ccc(Cl)c(CNC2(c3cnccc3-c3ccccc3OC3CC3)CC2)c1. The van der Waals surface area contributed by atoms with E-state index in [-0.39, 0.29) is 12.1 Å². The number of benzene rings is 2. The van der Waals surface area contributed by atoms with Crippen LogP contribution in [-0.2, 0) is 12.1 Å². The fourth-order valence-corrected chi connectivity index (χ4v) is 6.38. The maximum absolute atomic E-state index is 12.1. The Balaban J connectivity index is 1.06. The molecule has 272 valence electrons. The number of unbranched alkanes of at least 4 members (excludes halogenated alkanes) is 2. The van der Waals surface area contributed by atoms with Crippen molar-refractivity contribution in [2.24, 2.45) is 0 Å². The van der Waals surface area contributed by atoms with Crippen LogP contribution < -0.4 is 20.7 Å². The van der Waals surface area contributed by atoms with Crippen LogP contribution in [0.2, 0.25) is 5.02 Å². The van der Waals surface area contributed by atoms with Crippen molar-refractivity contribution in [2.45, 2.75) is 107 Å². The third kappa shape index (κ3) is 10.2. The summed E-state index contributed by atoms with van der Waals surface area (Å²) in [5.74, 6) is 1.26. The van der Waals surface area contributed by atoms with Gasteiger partial charge < -0.3 is 46.2 Å². The van der Waals surface area contributed by atoms with Crippen molar-refractivity contribution in [3.05, 3.63) is 82.6 Å². The van der Waals surface area contributed by atoms with Gasteiger partial charge in [-0.2, -0.15) is 0 Å². The smallest absolute Gasteiger partial charge is 0.314 e. The second-order valence-electron chi connectivity index (χ2n) is 13.7. The van der Waals surface area contributed by atoms with E-state index in [2.05, 4.69) is 64.3 Å². The van der Waals surface area contributed by atoms with E-state index in [1.807, 2.05) is 24.5 Å². The normalized spacial score (nSPS) is 18.1. The van der Waals surface area contributed by atoms with Crippen molar-refractivity contribution < 1.29 is 35.1 Å². The number of hydrogen-bond acceptors (Lipinski definition) is 9. The van der Waals surface area contributed by atoms with E-state index in [1.54, 1.807) is 0 Å². The molecule has 12 heteroatoms. The Kier molecular flexibility index (Phi) is 13.5. The van der Waals surface area contributed by atoms with Crippen LogP contribution in [0.25, 0.3) is 11.1 Å². The number of para-hydroxylation sites is 1. The van der Waals surface area contributed by atoms with Gasteiger partial charge >= 0.3 is 6.03 Å². The van der Waals surface area contributed by atoms with Gasteiger partial charge in [0.1, 0.15) is 24.1 Å². The molecule has 5 unspecified atom stereocenters. The molecule has 2 aliphatic rings. The van der Waals surface area contributed by atoms with Gasteiger partial charge in [-0.15, -0.1) is 0 Å². The zero-order chi connectivity index (χ0) is 35.7. The number of aliphatic hydroxyl groups is 5. The summed E-state index contributed by atoms with van der Waals surface area (Å²) in [6.07, 6.45) is 5.52. The van der Waals surface area contributed by atoms with Crippen molar-refractivity contribution in [3.8, 4) is 16.9 Å². The van der Waals surface area contributed by atoms with Crippen LogP contribution in [0.5, 0.6) is 5.75 Å². The summed E-state index contributed by atoms with van der Waals surface area (Å²) in [4.78, 5) is 16.6. The first-order valence-electron chi connectivity index (χ1n) is 17.7. The highest BCUT2D eigenvalue weighted by molar-refractivity contribution is 6.31. The Labute approximate surface area is 299 Å². The number of hydrogen-bond donors (Lipinski definition) is 8. The van der Waals surface area contributed by atoms with Crippen LogP contribution in [0.3, 0.4) is 0 Å². The average Bonchev–Trinajstić information content (AvgIpc) is 4.08. The van der Waals surface area contributed by atoms with Gasteiger partial charge in [-0.1, -0.05) is 61.7 Å². The molecule has 5 rings (SSSR count). The van der Waals surface area contributed by atoms with Gasteiger partial charge in [0.05, 0.1) is 18.8 Å². The molecule has 0 spiro atoms. The number of carbonyl (C=O) groups excluding carboxylic acids is 1. The zero-order valence-electron chi connectivity index (χ0n) is 28.6. The lowest BCUT2D eigenvalue weighted by Crippen LogP contribution is -2.50. The van der Waals surface area contributed by atoms with Gasteiger partial charge in [-0.3, -0.25) is 4.98 Å². The van der Waals surface area contributed by atoms with Crippen LogP contribution >= 0.6 is 11.6 Å². The maximum Gasteiger partial charge on any atom is 0.314 e. The molecular formula is C38H51ClN4O7. The van der Waals surface area contributed by atoms with Crippen LogP contribution in [0.15, 0.2) is 60.9 Å². The fraction of sp³-hybridized carbons (Fsp3) is 0.526. The molecule has 0 aliphatic heterocycles. The molecule has 1 aromatic heterocycles. The third-order valence-corrected chi connectivity index (χ3v) is 10.1. The Bertz CT molecular complexity index is 1550. The number of nitrogens with one attached hydrogen (secondary N) is 3. The molecule has 2 aliphatic carbocycles. The summed E-state index contributed by atoms with van der Waals surface area (Å²) >= 11 is 6.71. The summed E-state index contributed by atoms with van der Waals surface area (Å²) in [5.41, 5.74) is 5.57. The van der Waals surface area contributed by atoms with Gasteiger partial charge in [0.15, 0.2) is 0 Å². The largest absolute Gasteiger partial charge is 0.490 e. The van der Waals surface area contributed by atoms with Crippen molar-refractivity contribution >= 4 is 17.6 Å². The Morgan fingerprint density at radius 1 is 0.980 bits per heavy atom. The highest BCUT2D eigenvalue weighted by Crippen LogP contribution is 2.50. The van der Waals surface area contributed by atoms with Crippen LogP contribution in [0.4, 0.5) is 4.79 Å².